The molecule has 0 aromatic heterocycles. The van der Waals surface area contributed by atoms with E-state index in [4.69, 9.17) is 0 Å². The SMILES string of the molecule is CN1CC(O)C(CC(F)F)C1. The van der Waals surface area contributed by atoms with Crippen molar-refractivity contribution in [2.45, 2.75) is 19.0 Å². The van der Waals surface area contributed by atoms with Crippen LogP contribution in [0.25, 0.3) is 0 Å². The van der Waals surface area contributed by atoms with Gasteiger partial charge in [-0.25, -0.2) is 8.78 Å². The largest absolute Gasteiger partial charge is 0.391 e. The Balaban J connectivity index is 2.34. The first-order chi connectivity index (χ1) is 5.09. The predicted molar refractivity (Wildman–Crippen MR) is 37.6 cm³/mol. The summed E-state index contributed by atoms with van der Waals surface area (Å²) < 4.78 is 23.7. The van der Waals surface area contributed by atoms with Gasteiger partial charge >= 0.3 is 0 Å². The summed E-state index contributed by atoms with van der Waals surface area (Å²) in [4.78, 5) is 1.87. The number of halogens is 2. The van der Waals surface area contributed by atoms with E-state index in [1.54, 1.807) is 0 Å². The summed E-state index contributed by atoms with van der Waals surface area (Å²) in [6.07, 6.45) is -3.03. The molecular weight excluding hydrogens is 152 g/mol. The molecule has 2 nitrogen and oxygen atoms in total. The Bertz CT molecular complexity index is 132. The highest BCUT2D eigenvalue weighted by atomic mass is 19.3. The molecule has 0 aliphatic carbocycles. The minimum absolute atomic E-state index is 0.175. The van der Waals surface area contributed by atoms with E-state index in [0.717, 1.165) is 0 Å². The van der Waals surface area contributed by atoms with Crippen LogP contribution in [0.1, 0.15) is 6.42 Å². The van der Waals surface area contributed by atoms with E-state index < -0.39 is 12.5 Å². The molecule has 1 rings (SSSR count). The highest BCUT2D eigenvalue weighted by Crippen LogP contribution is 2.21. The molecule has 1 aliphatic rings. The van der Waals surface area contributed by atoms with Crippen molar-refractivity contribution in [3.05, 3.63) is 0 Å². The quantitative estimate of drug-likeness (QED) is 0.646. The fourth-order valence-corrected chi connectivity index (χ4v) is 1.53. The molecule has 0 bridgehead atoms. The number of aliphatic hydroxyl groups excluding tert-OH is 1. The summed E-state index contributed by atoms with van der Waals surface area (Å²) in [7, 11) is 1.83. The molecule has 1 fully saturated rings. The van der Waals surface area contributed by atoms with Gasteiger partial charge in [0.05, 0.1) is 6.10 Å². The minimum atomic E-state index is -2.29. The van der Waals surface area contributed by atoms with Crippen molar-refractivity contribution in [1.82, 2.24) is 4.90 Å². The zero-order chi connectivity index (χ0) is 8.43. The van der Waals surface area contributed by atoms with Gasteiger partial charge in [0.15, 0.2) is 0 Å². The number of β-amino-alcohol motifs (C(OH)–C–C–N with tert-alkyl or cyclic N) is 1. The van der Waals surface area contributed by atoms with Gasteiger partial charge in [-0.2, -0.15) is 0 Å². The summed E-state index contributed by atoms with van der Waals surface area (Å²) in [5.41, 5.74) is 0. The van der Waals surface area contributed by atoms with Crippen LogP contribution in [-0.2, 0) is 0 Å². The molecule has 1 heterocycles. The fraction of sp³-hybridized carbons (Fsp3) is 1.00. The number of likely N-dealkylation sites (tertiary alicyclic amines) is 1. The van der Waals surface area contributed by atoms with Crippen molar-refractivity contribution < 1.29 is 13.9 Å². The lowest BCUT2D eigenvalue weighted by atomic mass is 10.0. The van der Waals surface area contributed by atoms with Crippen LogP contribution in [0.2, 0.25) is 0 Å². The molecule has 1 aliphatic heterocycles. The first kappa shape index (κ1) is 8.87. The van der Waals surface area contributed by atoms with Gasteiger partial charge in [-0.15, -0.1) is 0 Å². The number of rotatable bonds is 2. The molecule has 1 N–H and O–H groups in total. The van der Waals surface area contributed by atoms with Gasteiger partial charge < -0.3 is 10.0 Å². The van der Waals surface area contributed by atoms with Crippen LogP contribution in [0, 0.1) is 5.92 Å². The average molecular weight is 165 g/mol. The smallest absolute Gasteiger partial charge is 0.239 e. The highest BCUT2D eigenvalue weighted by Gasteiger charge is 2.30. The summed E-state index contributed by atoms with van der Waals surface area (Å²) in [6.45, 7) is 1.11. The van der Waals surface area contributed by atoms with Gasteiger partial charge in [-0.1, -0.05) is 0 Å². The van der Waals surface area contributed by atoms with Crippen molar-refractivity contribution in [2.24, 2.45) is 5.92 Å². The molecule has 11 heavy (non-hydrogen) atoms. The van der Waals surface area contributed by atoms with Crippen molar-refractivity contribution in [2.75, 3.05) is 20.1 Å². The molecule has 4 heteroatoms. The zero-order valence-electron chi connectivity index (χ0n) is 6.50. The van der Waals surface area contributed by atoms with Crippen LogP contribution < -0.4 is 0 Å². The molecule has 2 atom stereocenters. The van der Waals surface area contributed by atoms with E-state index >= 15 is 0 Å². The van der Waals surface area contributed by atoms with Crippen molar-refractivity contribution in [1.29, 1.82) is 0 Å². The fourth-order valence-electron chi connectivity index (χ4n) is 1.53. The van der Waals surface area contributed by atoms with Crippen LogP contribution in [0.3, 0.4) is 0 Å². The molecule has 0 amide bonds. The molecule has 1 saturated heterocycles. The van der Waals surface area contributed by atoms with E-state index in [2.05, 4.69) is 0 Å². The van der Waals surface area contributed by atoms with Crippen LogP contribution in [0.15, 0.2) is 0 Å². The maximum absolute atomic E-state index is 11.9. The van der Waals surface area contributed by atoms with Crippen LogP contribution in [0.4, 0.5) is 8.78 Å². The summed E-state index contributed by atoms with van der Waals surface area (Å²) in [5.74, 6) is -0.236. The summed E-state index contributed by atoms with van der Waals surface area (Å²) in [5, 5.41) is 9.23. The number of hydrogen-bond acceptors (Lipinski definition) is 2. The van der Waals surface area contributed by atoms with Crippen LogP contribution >= 0.6 is 0 Å². The third-order valence-electron chi connectivity index (χ3n) is 2.07. The molecular formula is C7H13F2NO. The monoisotopic (exact) mass is 165 g/mol. The van der Waals surface area contributed by atoms with Crippen molar-refractivity contribution >= 4 is 0 Å². The lowest BCUT2D eigenvalue weighted by Gasteiger charge is -2.11. The normalized spacial score (nSPS) is 33.5. The van der Waals surface area contributed by atoms with Gasteiger partial charge in [0.25, 0.3) is 0 Å². The number of aliphatic hydroxyl groups is 1. The second-order valence-corrected chi connectivity index (χ2v) is 3.18. The second kappa shape index (κ2) is 3.45. The third-order valence-corrected chi connectivity index (χ3v) is 2.07. The molecule has 0 aromatic carbocycles. The number of nitrogens with zero attached hydrogens (tertiary/aromatic N) is 1. The Labute approximate surface area is 64.8 Å². The Morgan fingerprint density at radius 3 is 2.55 bits per heavy atom. The Morgan fingerprint density at radius 2 is 2.18 bits per heavy atom. The lowest BCUT2D eigenvalue weighted by molar-refractivity contribution is 0.0724. The van der Waals surface area contributed by atoms with E-state index in [-0.39, 0.29) is 12.3 Å². The highest BCUT2D eigenvalue weighted by molar-refractivity contribution is 4.81. The topological polar surface area (TPSA) is 23.5 Å². The molecule has 2 unspecified atom stereocenters. The van der Waals surface area contributed by atoms with Gasteiger partial charge in [0, 0.05) is 25.4 Å². The minimum Gasteiger partial charge on any atom is -0.391 e. The Hall–Kier alpha value is -0.220. The maximum atomic E-state index is 11.9. The number of hydrogen-bond donors (Lipinski definition) is 1. The van der Waals surface area contributed by atoms with Gasteiger partial charge in [-0.3, -0.25) is 0 Å². The predicted octanol–water partition coefficient (Wildman–Crippen LogP) is 0.564. The van der Waals surface area contributed by atoms with E-state index in [9.17, 15) is 13.9 Å². The van der Waals surface area contributed by atoms with E-state index in [0.29, 0.717) is 13.1 Å². The average Bonchev–Trinajstić information content (AvgIpc) is 2.09. The molecule has 0 aromatic rings. The number of alkyl halides is 2. The Morgan fingerprint density at radius 1 is 1.55 bits per heavy atom. The molecule has 66 valence electrons. The van der Waals surface area contributed by atoms with Crippen molar-refractivity contribution in [3.63, 3.8) is 0 Å². The summed E-state index contributed by atoms with van der Waals surface area (Å²) >= 11 is 0. The Kier molecular flexibility index (Phi) is 2.78. The molecule has 0 saturated carbocycles. The van der Waals surface area contributed by atoms with Gasteiger partial charge in [0.2, 0.25) is 6.43 Å². The second-order valence-electron chi connectivity index (χ2n) is 3.18. The van der Waals surface area contributed by atoms with Gasteiger partial charge in [-0.05, 0) is 7.05 Å². The van der Waals surface area contributed by atoms with E-state index in [1.165, 1.54) is 0 Å². The zero-order valence-corrected chi connectivity index (χ0v) is 6.50. The van der Waals surface area contributed by atoms with E-state index in [1.807, 2.05) is 11.9 Å². The van der Waals surface area contributed by atoms with Crippen molar-refractivity contribution in [3.8, 4) is 0 Å². The third kappa shape index (κ3) is 2.38. The summed E-state index contributed by atoms with van der Waals surface area (Å²) in [6, 6.07) is 0. The first-order valence-corrected chi connectivity index (χ1v) is 3.74. The van der Waals surface area contributed by atoms with Crippen LogP contribution in [-0.4, -0.2) is 42.7 Å². The molecule has 0 spiro atoms. The number of likely N-dealkylation sites (N-methyl/N-ethyl adjacent to an activating group) is 1. The molecule has 0 radical (unpaired) electrons. The first-order valence-electron chi connectivity index (χ1n) is 3.74. The maximum Gasteiger partial charge on any atom is 0.239 e. The van der Waals surface area contributed by atoms with Gasteiger partial charge in [0.1, 0.15) is 0 Å². The lowest BCUT2D eigenvalue weighted by Crippen LogP contribution is -2.20. The standard InChI is InChI=1S/C7H13F2NO/c1-10-3-5(2-7(8)9)6(11)4-10/h5-7,11H,2-4H2,1H3. The van der Waals surface area contributed by atoms with Crippen LogP contribution in [0.5, 0.6) is 0 Å².